The Bertz CT molecular complexity index is 597. The molecule has 0 aliphatic carbocycles. The number of aliphatic hydroxyl groups is 2. The molecule has 0 bridgehead atoms. The second-order valence-corrected chi connectivity index (χ2v) is 17.5. The van der Waals surface area contributed by atoms with Crippen molar-refractivity contribution in [2.75, 3.05) is 90.7 Å². The van der Waals surface area contributed by atoms with Crippen LogP contribution in [0.25, 0.3) is 0 Å². The molecule has 0 aliphatic heterocycles. The van der Waals surface area contributed by atoms with Crippen molar-refractivity contribution in [1.29, 1.82) is 0 Å². The van der Waals surface area contributed by atoms with Crippen molar-refractivity contribution < 1.29 is 48.6 Å². The SMILES string of the molecule is O=C(CSCSCCOOCSCSCC(=O)OCSCSCC(=O)OCSCSCO)OCSCSCO. The lowest BCUT2D eigenvalue weighted by Gasteiger charge is -2.06. The Balaban J connectivity index is 3.28. The van der Waals surface area contributed by atoms with Crippen LogP contribution in [-0.2, 0) is 38.4 Å². The van der Waals surface area contributed by atoms with E-state index in [1.165, 1.54) is 106 Å². The van der Waals surface area contributed by atoms with Crippen LogP contribution in [0.4, 0.5) is 0 Å². The van der Waals surface area contributed by atoms with Gasteiger partial charge in [-0.05, 0) is 0 Å². The van der Waals surface area contributed by atoms with Gasteiger partial charge in [-0.25, -0.2) is 9.78 Å². The van der Waals surface area contributed by atoms with Gasteiger partial charge in [0.25, 0.3) is 0 Å². The summed E-state index contributed by atoms with van der Waals surface area (Å²) in [4.78, 5) is 44.9. The quantitative estimate of drug-likeness (QED) is 0.0268. The smallest absolute Gasteiger partial charge is 0.316 e. The maximum atomic E-state index is 11.7. The first kappa shape index (κ1) is 40.8. The van der Waals surface area contributed by atoms with Crippen LogP contribution in [0.5, 0.6) is 0 Å². The summed E-state index contributed by atoms with van der Waals surface area (Å²) in [6.45, 7) is 0.440. The van der Waals surface area contributed by atoms with Gasteiger partial charge in [-0.2, -0.15) is 0 Å². The normalized spacial score (nSPS) is 10.9. The van der Waals surface area contributed by atoms with Crippen LogP contribution in [0.15, 0.2) is 0 Å². The Kier molecular flexibility index (Phi) is 35.8. The van der Waals surface area contributed by atoms with E-state index in [0.717, 1.165) is 10.8 Å². The van der Waals surface area contributed by atoms with Crippen LogP contribution in [0.1, 0.15) is 0 Å². The number of aliphatic hydroxyl groups excluding tert-OH is 2. The predicted molar refractivity (Wildman–Crippen MR) is 179 cm³/mol. The van der Waals surface area contributed by atoms with Crippen molar-refractivity contribution in [2.24, 2.45) is 0 Å². The van der Waals surface area contributed by atoms with E-state index in [2.05, 4.69) is 0 Å². The molecule has 0 aromatic heterocycles. The molecule has 0 saturated heterocycles. The van der Waals surface area contributed by atoms with Crippen molar-refractivity contribution in [2.45, 2.75) is 0 Å². The van der Waals surface area contributed by atoms with Gasteiger partial charge in [0.05, 0.1) is 35.7 Å². The first-order chi connectivity index (χ1) is 19.1. The molecule has 0 aliphatic rings. The number of hydrogen-bond donors (Lipinski definition) is 2. The Hall–Kier alpha value is 1.75. The molecule has 39 heavy (non-hydrogen) atoms. The maximum Gasteiger partial charge on any atom is 0.316 e. The van der Waals surface area contributed by atoms with E-state index in [9.17, 15) is 14.4 Å². The summed E-state index contributed by atoms with van der Waals surface area (Å²) in [5.41, 5.74) is 0. The van der Waals surface area contributed by atoms with Crippen LogP contribution in [0, 0.1) is 0 Å². The summed E-state index contributed by atoms with van der Waals surface area (Å²) >= 11 is 14.5. The number of carbonyl (C=O) groups is 3. The molecule has 0 rings (SSSR count). The molecule has 0 fully saturated rings. The highest BCUT2D eigenvalue weighted by Gasteiger charge is 2.06. The molecule has 0 unspecified atom stereocenters. The molecule has 0 atom stereocenters. The largest absolute Gasteiger partial charge is 0.454 e. The molecule has 20 heteroatoms. The summed E-state index contributed by atoms with van der Waals surface area (Å²) in [6, 6.07) is 0. The van der Waals surface area contributed by atoms with Gasteiger partial charge in [-0.1, -0.05) is 0 Å². The van der Waals surface area contributed by atoms with Gasteiger partial charge < -0.3 is 24.4 Å². The number of hydrogen-bond acceptors (Lipinski definition) is 20. The lowest BCUT2D eigenvalue weighted by atomic mass is 10.8. The first-order valence-corrected chi connectivity index (χ1v) is 22.3. The molecular weight excluding hydrogens is 709 g/mol. The van der Waals surface area contributed by atoms with Crippen LogP contribution in [0.3, 0.4) is 0 Å². The Morgan fingerprint density at radius 2 is 0.846 bits per heavy atom. The molecule has 0 aromatic rings. The first-order valence-electron chi connectivity index (χ1n) is 10.8. The van der Waals surface area contributed by atoms with E-state index in [0.29, 0.717) is 44.6 Å². The zero-order valence-electron chi connectivity index (χ0n) is 21.1. The van der Waals surface area contributed by atoms with Gasteiger partial charge >= 0.3 is 17.9 Å². The number of carbonyl (C=O) groups excluding carboxylic acids is 3. The van der Waals surface area contributed by atoms with Gasteiger partial charge in [-0.3, -0.25) is 14.4 Å². The van der Waals surface area contributed by atoms with Crippen LogP contribution in [0.2, 0.25) is 0 Å². The van der Waals surface area contributed by atoms with E-state index in [1.54, 1.807) is 11.8 Å². The van der Waals surface area contributed by atoms with Crippen molar-refractivity contribution in [1.82, 2.24) is 0 Å². The average molecular weight is 743 g/mol. The van der Waals surface area contributed by atoms with Crippen molar-refractivity contribution in [3.05, 3.63) is 0 Å². The zero-order valence-corrected chi connectivity index (χ0v) is 29.2. The second kappa shape index (κ2) is 34.2. The molecule has 0 spiro atoms. The molecule has 0 saturated carbocycles. The van der Waals surface area contributed by atoms with Crippen LogP contribution in [-0.4, -0.2) is 119 Å². The Morgan fingerprint density at radius 3 is 1.28 bits per heavy atom. The zero-order chi connectivity index (χ0) is 28.7. The predicted octanol–water partition coefficient (Wildman–Crippen LogP) is 4.41. The molecule has 0 heterocycles. The van der Waals surface area contributed by atoms with Gasteiger partial charge in [0, 0.05) is 31.2 Å². The lowest BCUT2D eigenvalue weighted by molar-refractivity contribution is -0.274. The van der Waals surface area contributed by atoms with Gasteiger partial charge in [-0.15, -0.1) is 118 Å². The van der Waals surface area contributed by atoms with E-state index in [4.69, 9.17) is 34.2 Å². The molecule has 2 N–H and O–H groups in total. The fraction of sp³-hybridized carbons (Fsp3) is 0.842. The van der Waals surface area contributed by atoms with E-state index in [-0.39, 0.29) is 53.2 Å². The lowest BCUT2D eigenvalue weighted by Crippen LogP contribution is -2.08. The summed E-state index contributed by atoms with van der Waals surface area (Å²) in [5.74, 6) is 2.05. The number of rotatable bonds is 30. The molecule has 0 radical (unpaired) electrons. The van der Waals surface area contributed by atoms with Crippen molar-refractivity contribution >= 4 is 136 Å². The Morgan fingerprint density at radius 1 is 0.462 bits per heavy atom. The third-order valence-electron chi connectivity index (χ3n) is 3.11. The van der Waals surface area contributed by atoms with E-state index in [1.807, 2.05) is 0 Å². The summed E-state index contributed by atoms with van der Waals surface area (Å²) in [5, 5.41) is 20.7. The number of ether oxygens (including phenoxy) is 3. The molecular formula is C19H34O10S10. The summed E-state index contributed by atoms with van der Waals surface area (Å²) in [6.07, 6.45) is 0. The van der Waals surface area contributed by atoms with Crippen LogP contribution >= 0.6 is 118 Å². The fourth-order valence-corrected chi connectivity index (χ4v) is 8.84. The highest BCUT2D eigenvalue weighted by Crippen LogP contribution is 2.17. The average Bonchev–Trinajstić information content (AvgIpc) is 2.92. The summed E-state index contributed by atoms with van der Waals surface area (Å²) in [7, 11) is 0. The van der Waals surface area contributed by atoms with E-state index >= 15 is 0 Å². The number of thioether (sulfide) groups is 10. The van der Waals surface area contributed by atoms with Gasteiger partial charge in [0.2, 0.25) is 0 Å². The molecule has 230 valence electrons. The van der Waals surface area contributed by atoms with Gasteiger partial charge in [0.1, 0.15) is 23.8 Å². The third-order valence-corrected chi connectivity index (χ3v) is 13.0. The van der Waals surface area contributed by atoms with Crippen molar-refractivity contribution in [3.63, 3.8) is 0 Å². The number of esters is 3. The molecule has 0 amide bonds. The Labute approximate surface area is 272 Å². The fourth-order valence-electron chi connectivity index (χ4n) is 1.61. The van der Waals surface area contributed by atoms with Crippen molar-refractivity contribution in [3.8, 4) is 0 Å². The second-order valence-electron chi connectivity index (χ2n) is 5.99. The minimum absolute atomic E-state index is 0.0555. The minimum Gasteiger partial charge on any atom is -0.454 e. The maximum absolute atomic E-state index is 11.7. The monoisotopic (exact) mass is 742 g/mol. The molecule has 0 aromatic carbocycles. The highest BCUT2D eigenvalue weighted by atomic mass is 32.2. The topological polar surface area (TPSA) is 138 Å². The minimum atomic E-state index is -0.286. The molecule has 10 nitrogen and oxygen atoms in total. The summed E-state index contributed by atoms with van der Waals surface area (Å²) < 4.78 is 15.2. The van der Waals surface area contributed by atoms with E-state index < -0.39 is 0 Å². The standard InChI is InChI=1S/C19H34O10S10/c20-6-34-15-37-9-26-17(22)3-31-12-30-2-1-28-29-11-39-14-33-5-19(24)25-8-36-13-32-4-18(23)27-10-38-16-35-7-21/h20-21H,1-16H2. The van der Waals surface area contributed by atoms with Gasteiger partial charge in [0.15, 0.2) is 0 Å². The van der Waals surface area contributed by atoms with Crippen LogP contribution < -0.4 is 0 Å². The highest BCUT2D eigenvalue weighted by molar-refractivity contribution is 8.17. The third kappa shape index (κ3) is 34.1.